The summed E-state index contributed by atoms with van der Waals surface area (Å²) >= 11 is 0. The van der Waals surface area contributed by atoms with E-state index in [1.54, 1.807) is 0 Å². The zero-order valence-electron chi connectivity index (χ0n) is 6.31. The van der Waals surface area contributed by atoms with Crippen LogP contribution in [0.4, 0.5) is 0 Å². The molecule has 0 N–H and O–H groups in total. The van der Waals surface area contributed by atoms with E-state index in [1.165, 1.54) is 12.8 Å². The maximum Gasteiger partial charge on any atom is 0.198 e. The second-order valence-corrected chi connectivity index (χ2v) is 2.37. The lowest BCUT2D eigenvalue weighted by atomic mass is 9.98. The largest absolute Gasteiger partial charge is 0.291 e. The lowest BCUT2D eigenvalue weighted by molar-refractivity contribution is 0.455. The zero-order chi connectivity index (χ0) is 7.11. The number of rotatable bonds is 5. The van der Waals surface area contributed by atoms with Crippen molar-refractivity contribution >= 4 is 6.29 Å². The van der Waals surface area contributed by atoms with Crippen molar-refractivity contribution in [1.29, 1.82) is 0 Å². The van der Waals surface area contributed by atoms with Crippen LogP contribution in [0.1, 0.15) is 39.5 Å². The van der Waals surface area contributed by atoms with E-state index in [0.29, 0.717) is 6.42 Å². The lowest BCUT2D eigenvalue weighted by Gasteiger charge is -2.07. The van der Waals surface area contributed by atoms with Crippen LogP contribution in [0.5, 0.6) is 0 Å². The van der Waals surface area contributed by atoms with E-state index in [9.17, 15) is 4.79 Å². The van der Waals surface area contributed by atoms with Gasteiger partial charge in [-0.15, -0.1) is 0 Å². The van der Waals surface area contributed by atoms with Gasteiger partial charge in [0, 0.05) is 6.42 Å². The molecule has 53 valence electrons. The van der Waals surface area contributed by atoms with Gasteiger partial charge in [0.1, 0.15) is 0 Å². The van der Waals surface area contributed by atoms with E-state index in [4.69, 9.17) is 0 Å². The highest BCUT2D eigenvalue weighted by Crippen LogP contribution is 2.12. The first-order chi connectivity index (χ1) is 4.35. The molecule has 0 aromatic heterocycles. The van der Waals surface area contributed by atoms with Crippen molar-refractivity contribution in [3.8, 4) is 0 Å². The Morgan fingerprint density at radius 1 is 1.33 bits per heavy atom. The summed E-state index contributed by atoms with van der Waals surface area (Å²) in [7, 11) is 0. The fourth-order valence-electron chi connectivity index (χ4n) is 0.960. The Labute approximate surface area is 57.5 Å². The van der Waals surface area contributed by atoms with Crippen molar-refractivity contribution in [3.05, 3.63) is 0 Å². The number of carbonyl (C=O) groups excluding carboxylic acids is 1. The average Bonchev–Trinajstić information content (AvgIpc) is 1.91. The fraction of sp³-hybridized carbons (Fsp3) is 0.875. The molecule has 1 heteroatoms. The first-order valence-corrected chi connectivity index (χ1v) is 3.70. The topological polar surface area (TPSA) is 17.1 Å². The summed E-state index contributed by atoms with van der Waals surface area (Å²) in [5, 5.41) is 0. The van der Waals surface area contributed by atoms with Crippen LogP contribution in [-0.4, -0.2) is 6.29 Å². The van der Waals surface area contributed by atoms with Gasteiger partial charge in [0.2, 0.25) is 0 Å². The van der Waals surface area contributed by atoms with Crippen molar-refractivity contribution in [2.45, 2.75) is 39.5 Å². The molecular formula is C8H15O. The van der Waals surface area contributed by atoms with Crippen LogP contribution in [0.15, 0.2) is 0 Å². The molecule has 0 aromatic carbocycles. The van der Waals surface area contributed by atoms with Gasteiger partial charge in [-0.3, -0.25) is 4.79 Å². The van der Waals surface area contributed by atoms with Crippen molar-refractivity contribution < 1.29 is 4.79 Å². The second-order valence-electron chi connectivity index (χ2n) is 2.37. The second kappa shape index (κ2) is 5.80. The van der Waals surface area contributed by atoms with Crippen molar-refractivity contribution in [1.82, 2.24) is 0 Å². The van der Waals surface area contributed by atoms with Crippen LogP contribution in [0.2, 0.25) is 0 Å². The average molecular weight is 127 g/mol. The van der Waals surface area contributed by atoms with E-state index in [-0.39, 0.29) is 0 Å². The molecule has 0 bridgehead atoms. The normalized spacial score (nSPS) is 10.1. The molecule has 0 aliphatic carbocycles. The van der Waals surface area contributed by atoms with E-state index in [0.717, 1.165) is 12.3 Å². The van der Waals surface area contributed by atoms with E-state index in [2.05, 4.69) is 13.8 Å². The summed E-state index contributed by atoms with van der Waals surface area (Å²) in [5.41, 5.74) is 0. The third-order valence-electron chi connectivity index (χ3n) is 1.81. The van der Waals surface area contributed by atoms with E-state index >= 15 is 0 Å². The first-order valence-electron chi connectivity index (χ1n) is 3.70. The number of hydrogen-bond donors (Lipinski definition) is 0. The Morgan fingerprint density at radius 2 is 1.89 bits per heavy atom. The maximum absolute atomic E-state index is 9.82. The van der Waals surface area contributed by atoms with Crippen LogP contribution >= 0.6 is 0 Å². The highest BCUT2D eigenvalue weighted by Gasteiger charge is 2.00. The van der Waals surface area contributed by atoms with Gasteiger partial charge < -0.3 is 0 Å². The molecule has 9 heavy (non-hydrogen) atoms. The predicted octanol–water partition coefficient (Wildman–Crippen LogP) is 2.31. The van der Waals surface area contributed by atoms with Gasteiger partial charge in [0.05, 0.1) is 0 Å². The summed E-state index contributed by atoms with van der Waals surface area (Å²) in [5.74, 6) is 0.742. The SMILES string of the molecule is CCC(CC)CC[C]=O. The third kappa shape index (κ3) is 4.19. The third-order valence-corrected chi connectivity index (χ3v) is 1.81. The van der Waals surface area contributed by atoms with Gasteiger partial charge >= 0.3 is 0 Å². The molecule has 0 atom stereocenters. The van der Waals surface area contributed by atoms with Gasteiger partial charge in [-0.1, -0.05) is 26.7 Å². The van der Waals surface area contributed by atoms with Gasteiger partial charge in [-0.05, 0) is 12.3 Å². The molecule has 0 saturated carbocycles. The van der Waals surface area contributed by atoms with Crippen molar-refractivity contribution in [2.24, 2.45) is 5.92 Å². The van der Waals surface area contributed by atoms with Crippen LogP contribution in [0, 0.1) is 5.92 Å². The number of hydrogen-bond acceptors (Lipinski definition) is 1. The molecule has 0 unspecified atom stereocenters. The van der Waals surface area contributed by atoms with Gasteiger partial charge in [-0.25, -0.2) is 0 Å². The minimum absolute atomic E-state index is 0.617. The Kier molecular flexibility index (Phi) is 5.59. The minimum Gasteiger partial charge on any atom is -0.291 e. The van der Waals surface area contributed by atoms with E-state index < -0.39 is 0 Å². The molecule has 0 aliphatic rings. The lowest BCUT2D eigenvalue weighted by Crippen LogP contribution is -1.96. The molecule has 0 fully saturated rings. The Bertz CT molecular complexity index is 65.0. The molecular weight excluding hydrogens is 112 g/mol. The molecule has 0 spiro atoms. The maximum atomic E-state index is 9.82. The summed E-state index contributed by atoms with van der Waals surface area (Å²) in [6, 6.07) is 0. The molecule has 0 amide bonds. The molecule has 1 radical (unpaired) electrons. The summed E-state index contributed by atoms with van der Waals surface area (Å²) in [6.07, 6.45) is 5.94. The summed E-state index contributed by atoms with van der Waals surface area (Å²) in [4.78, 5) is 9.82. The fourth-order valence-corrected chi connectivity index (χ4v) is 0.960. The molecule has 0 rings (SSSR count). The predicted molar refractivity (Wildman–Crippen MR) is 39.0 cm³/mol. The molecule has 0 saturated heterocycles. The van der Waals surface area contributed by atoms with Gasteiger partial charge in [-0.2, -0.15) is 0 Å². The smallest absolute Gasteiger partial charge is 0.198 e. The molecule has 0 aliphatic heterocycles. The molecule has 1 nitrogen and oxygen atoms in total. The summed E-state index contributed by atoms with van der Waals surface area (Å²) in [6.45, 7) is 4.33. The molecule has 0 aromatic rings. The standard InChI is InChI=1S/C8H15O/c1-3-8(4-2)6-5-7-9/h8H,3-6H2,1-2H3. The van der Waals surface area contributed by atoms with Crippen molar-refractivity contribution in [2.75, 3.05) is 0 Å². The zero-order valence-corrected chi connectivity index (χ0v) is 6.31. The Morgan fingerprint density at radius 3 is 2.22 bits per heavy atom. The van der Waals surface area contributed by atoms with Crippen molar-refractivity contribution in [3.63, 3.8) is 0 Å². The van der Waals surface area contributed by atoms with Crippen LogP contribution in [0.25, 0.3) is 0 Å². The van der Waals surface area contributed by atoms with Gasteiger partial charge in [0.15, 0.2) is 6.29 Å². The highest BCUT2D eigenvalue weighted by atomic mass is 16.1. The quantitative estimate of drug-likeness (QED) is 0.554. The van der Waals surface area contributed by atoms with Crippen LogP contribution < -0.4 is 0 Å². The van der Waals surface area contributed by atoms with Crippen LogP contribution in [-0.2, 0) is 4.79 Å². The van der Waals surface area contributed by atoms with Crippen LogP contribution in [0.3, 0.4) is 0 Å². The summed E-state index contributed by atoms with van der Waals surface area (Å²) < 4.78 is 0. The van der Waals surface area contributed by atoms with E-state index in [1.807, 2.05) is 6.29 Å². The molecule has 0 heterocycles. The highest BCUT2D eigenvalue weighted by molar-refractivity contribution is 5.50. The Hall–Kier alpha value is -0.330. The Balaban J connectivity index is 3.19. The minimum atomic E-state index is 0.617. The monoisotopic (exact) mass is 127 g/mol. The van der Waals surface area contributed by atoms with Gasteiger partial charge in [0.25, 0.3) is 0 Å². The first kappa shape index (κ1) is 8.67.